The number of para-hydroxylation sites is 1. The Hall–Kier alpha value is -2.55. The predicted molar refractivity (Wildman–Crippen MR) is 93.9 cm³/mol. The summed E-state index contributed by atoms with van der Waals surface area (Å²) < 4.78 is 7.77. The van der Waals surface area contributed by atoms with Crippen LogP contribution in [0.3, 0.4) is 0 Å². The highest BCUT2D eigenvalue weighted by Crippen LogP contribution is 2.29. The van der Waals surface area contributed by atoms with Crippen molar-refractivity contribution in [3.05, 3.63) is 66.4 Å². The Labute approximate surface area is 137 Å². The number of nitrogens with zero attached hydrogens (tertiary/aromatic N) is 2. The van der Waals surface area contributed by atoms with Crippen molar-refractivity contribution in [3.63, 3.8) is 0 Å². The average molecular weight is 306 g/mol. The first-order chi connectivity index (χ1) is 10.9. The van der Waals surface area contributed by atoms with E-state index in [4.69, 9.17) is 4.74 Å². The monoisotopic (exact) mass is 306 g/mol. The van der Waals surface area contributed by atoms with Gasteiger partial charge < -0.3 is 4.74 Å². The van der Waals surface area contributed by atoms with Crippen molar-refractivity contribution >= 4 is 0 Å². The number of hydrogen-bond acceptors (Lipinski definition) is 2. The molecule has 3 nitrogen and oxygen atoms in total. The van der Waals surface area contributed by atoms with Gasteiger partial charge in [-0.3, -0.25) is 4.68 Å². The Morgan fingerprint density at radius 3 is 2.04 bits per heavy atom. The molecule has 0 N–H and O–H groups in total. The van der Waals surface area contributed by atoms with Crippen LogP contribution in [0.1, 0.15) is 26.5 Å². The summed E-state index contributed by atoms with van der Waals surface area (Å²) in [7, 11) is 1.99. The minimum Gasteiger partial charge on any atom is -0.457 e. The Kier molecular flexibility index (Phi) is 3.95. The smallest absolute Gasteiger partial charge is 0.127 e. The SMILES string of the molecule is Cn1nc(C(C)(C)C)cc1-c1ccc(Oc2ccccc2)cc1. The Bertz CT molecular complexity index is 781. The van der Waals surface area contributed by atoms with Gasteiger partial charge in [0.15, 0.2) is 0 Å². The van der Waals surface area contributed by atoms with Gasteiger partial charge in [-0.2, -0.15) is 5.10 Å². The van der Waals surface area contributed by atoms with Gasteiger partial charge in [0.1, 0.15) is 11.5 Å². The van der Waals surface area contributed by atoms with E-state index in [0.717, 1.165) is 28.5 Å². The molecule has 3 rings (SSSR count). The van der Waals surface area contributed by atoms with E-state index in [2.05, 4.69) is 44.1 Å². The minimum absolute atomic E-state index is 0.0480. The van der Waals surface area contributed by atoms with Gasteiger partial charge >= 0.3 is 0 Å². The largest absolute Gasteiger partial charge is 0.457 e. The summed E-state index contributed by atoms with van der Waals surface area (Å²) in [6.07, 6.45) is 0. The molecular weight excluding hydrogens is 284 g/mol. The molecule has 0 unspecified atom stereocenters. The van der Waals surface area contributed by atoms with Gasteiger partial charge in [0.25, 0.3) is 0 Å². The molecule has 0 saturated heterocycles. The van der Waals surface area contributed by atoms with Gasteiger partial charge in [0.05, 0.1) is 11.4 Å². The third-order valence-corrected chi connectivity index (χ3v) is 3.78. The summed E-state index contributed by atoms with van der Waals surface area (Å²) >= 11 is 0. The van der Waals surface area contributed by atoms with E-state index in [9.17, 15) is 0 Å². The van der Waals surface area contributed by atoms with Crippen molar-refractivity contribution in [2.75, 3.05) is 0 Å². The highest BCUT2D eigenvalue weighted by molar-refractivity contribution is 5.61. The Morgan fingerprint density at radius 1 is 0.870 bits per heavy atom. The lowest BCUT2D eigenvalue weighted by molar-refractivity contribution is 0.483. The fraction of sp³-hybridized carbons (Fsp3) is 0.250. The molecule has 0 fully saturated rings. The molecule has 2 aromatic carbocycles. The average Bonchev–Trinajstić information content (AvgIpc) is 2.91. The zero-order valence-electron chi connectivity index (χ0n) is 14.1. The van der Waals surface area contributed by atoms with Crippen LogP contribution in [0.25, 0.3) is 11.3 Å². The summed E-state index contributed by atoms with van der Waals surface area (Å²) in [5.74, 6) is 1.67. The third-order valence-electron chi connectivity index (χ3n) is 3.78. The van der Waals surface area contributed by atoms with Gasteiger partial charge in [0.2, 0.25) is 0 Å². The number of hydrogen-bond donors (Lipinski definition) is 0. The van der Waals surface area contributed by atoms with Crippen LogP contribution in [0, 0.1) is 0 Å². The number of ether oxygens (including phenoxy) is 1. The summed E-state index contributed by atoms with van der Waals surface area (Å²) in [4.78, 5) is 0. The molecule has 0 bridgehead atoms. The molecule has 0 spiro atoms. The molecule has 1 heterocycles. The van der Waals surface area contributed by atoms with Gasteiger partial charge in [0, 0.05) is 18.0 Å². The van der Waals surface area contributed by atoms with E-state index < -0.39 is 0 Å². The fourth-order valence-corrected chi connectivity index (χ4v) is 2.42. The normalized spacial score (nSPS) is 11.5. The summed E-state index contributed by atoms with van der Waals surface area (Å²) in [5, 5.41) is 4.63. The maximum atomic E-state index is 5.84. The molecule has 0 aliphatic carbocycles. The zero-order chi connectivity index (χ0) is 16.4. The van der Waals surface area contributed by atoms with Crippen molar-refractivity contribution < 1.29 is 4.74 Å². The summed E-state index contributed by atoms with van der Waals surface area (Å²) in [6, 6.07) is 20.1. The van der Waals surface area contributed by atoms with Crippen LogP contribution in [0.4, 0.5) is 0 Å². The van der Waals surface area contributed by atoms with Crippen LogP contribution < -0.4 is 4.74 Å². The first-order valence-electron chi connectivity index (χ1n) is 7.81. The second kappa shape index (κ2) is 5.92. The molecule has 118 valence electrons. The lowest BCUT2D eigenvalue weighted by Crippen LogP contribution is -2.12. The summed E-state index contributed by atoms with van der Waals surface area (Å²) in [5.41, 5.74) is 3.39. The second-order valence-electron chi connectivity index (χ2n) is 6.73. The first kappa shape index (κ1) is 15.3. The van der Waals surface area contributed by atoms with E-state index in [1.807, 2.05) is 54.2 Å². The molecule has 23 heavy (non-hydrogen) atoms. The maximum Gasteiger partial charge on any atom is 0.127 e. The second-order valence-corrected chi connectivity index (χ2v) is 6.73. The summed E-state index contributed by atoms with van der Waals surface area (Å²) in [6.45, 7) is 6.53. The molecular formula is C20H22N2O. The number of aromatic nitrogens is 2. The van der Waals surface area contributed by atoms with E-state index >= 15 is 0 Å². The standard InChI is InChI=1S/C20H22N2O/c1-20(2,3)19-14-18(22(4)21-19)15-10-12-17(13-11-15)23-16-8-6-5-7-9-16/h5-14H,1-4H3. The molecule has 0 saturated carbocycles. The molecule has 0 radical (unpaired) electrons. The Balaban J connectivity index is 1.84. The van der Waals surface area contributed by atoms with Crippen molar-refractivity contribution in [1.29, 1.82) is 0 Å². The van der Waals surface area contributed by atoms with Crippen LogP contribution in [-0.2, 0) is 12.5 Å². The van der Waals surface area contributed by atoms with E-state index in [0.29, 0.717) is 0 Å². The number of rotatable bonds is 3. The van der Waals surface area contributed by atoms with Gasteiger partial charge in [-0.05, 0) is 42.5 Å². The topological polar surface area (TPSA) is 27.1 Å². The molecule has 0 aliphatic heterocycles. The third kappa shape index (κ3) is 3.45. The van der Waals surface area contributed by atoms with Crippen LogP contribution in [0.2, 0.25) is 0 Å². The molecule has 0 aliphatic rings. The Morgan fingerprint density at radius 2 is 1.48 bits per heavy atom. The van der Waals surface area contributed by atoms with Crippen LogP contribution in [0.15, 0.2) is 60.7 Å². The first-order valence-corrected chi connectivity index (χ1v) is 7.81. The van der Waals surface area contributed by atoms with Crippen molar-refractivity contribution in [2.45, 2.75) is 26.2 Å². The van der Waals surface area contributed by atoms with Crippen molar-refractivity contribution in [3.8, 4) is 22.8 Å². The van der Waals surface area contributed by atoms with Gasteiger partial charge in [-0.25, -0.2) is 0 Å². The van der Waals surface area contributed by atoms with Crippen molar-refractivity contribution in [2.24, 2.45) is 7.05 Å². The molecule has 1 aromatic heterocycles. The van der Waals surface area contributed by atoms with Crippen LogP contribution in [0.5, 0.6) is 11.5 Å². The van der Waals surface area contributed by atoms with E-state index in [1.165, 1.54) is 0 Å². The number of aryl methyl sites for hydroxylation is 1. The molecule has 3 heteroatoms. The lowest BCUT2D eigenvalue weighted by Gasteiger charge is -2.13. The molecule has 0 atom stereocenters. The molecule has 0 amide bonds. The van der Waals surface area contributed by atoms with Crippen molar-refractivity contribution in [1.82, 2.24) is 9.78 Å². The van der Waals surface area contributed by atoms with E-state index in [-0.39, 0.29) is 5.41 Å². The molecule has 3 aromatic rings. The van der Waals surface area contributed by atoms with Gasteiger partial charge in [-0.1, -0.05) is 39.0 Å². The quantitative estimate of drug-likeness (QED) is 0.667. The predicted octanol–water partition coefficient (Wildman–Crippen LogP) is 5.18. The highest BCUT2D eigenvalue weighted by Gasteiger charge is 2.19. The minimum atomic E-state index is 0.0480. The van der Waals surface area contributed by atoms with E-state index in [1.54, 1.807) is 0 Å². The highest BCUT2D eigenvalue weighted by atomic mass is 16.5. The fourth-order valence-electron chi connectivity index (χ4n) is 2.42. The van der Waals surface area contributed by atoms with Crippen LogP contribution >= 0.6 is 0 Å². The zero-order valence-corrected chi connectivity index (χ0v) is 14.1. The van der Waals surface area contributed by atoms with Crippen LogP contribution in [-0.4, -0.2) is 9.78 Å². The number of benzene rings is 2. The lowest BCUT2D eigenvalue weighted by atomic mass is 9.92. The van der Waals surface area contributed by atoms with Gasteiger partial charge in [-0.15, -0.1) is 0 Å². The maximum absolute atomic E-state index is 5.84.